The molecule has 0 aliphatic rings. The molecule has 4 aromatic rings. The van der Waals surface area contributed by atoms with E-state index in [4.69, 9.17) is 9.47 Å². The maximum Gasteiger partial charge on any atom is 0.256 e. The van der Waals surface area contributed by atoms with E-state index in [1.54, 1.807) is 34.9 Å². The van der Waals surface area contributed by atoms with Crippen LogP contribution in [0.1, 0.15) is 13.8 Å². The summed E-state index contributed by atoms with van der Waals surface area (Å²) in [4.78, 5) is 9.01. The van der Waals surface area contributed by atoms with Crippen LogP contribution in [0.3, 0.4) is 0 Å². The molecule has 0 aliphatic carbocycles. The average molecular weight is 379 g/mol. The van der Waals surface area contributed by atoms with E-state index in [0.717, 1.165) is 23.5 Å². The van der Waals surface area contributed by atoms with Gasteiger partial charge in [-0.25, -0.2) is 9.97 Å². The number of aryl methyl sites for hydroxylation is 1. The molecule has 4 aromatic heterocycles. The summed E-state index contributed by atoms with van der Waals surface area (Å²) in [5.41, 5.74) is 2.98. The smallest absolute Gasteiger partial charge is 0.256 e. The normalized spacial score (nSPS) is 11.1. The largest absolute Gasteiger partial charge is 0.494 e. The van der Waals surface area contributed by atoms with Gasteiger partial charge in [0.05, 0.1) is 42.2 Å². The third-order valence-corrected chi connectivity index (χ3v) is 4.48. The molecule has 8 nitrogen and oxygen atoms in total. The molecule has 0 fully saturated rings. The molecular weight excluding hydrogens is 358 g/mol. The van der Waals surface area contributed by atoms with Gasteiger partial charge in [-0.1, -0.05) is 0 Å². The first-order valence-corrected chi connectivity index (χ1v) is 9.05. The fraction of sp³-hybridized carbons (Fsp3) is 0.250. The highest BCUT2D eigenvalue weighted by molar-refractivity contribution is 5.87. The van der Waals surface area contributed by atoms with Crippen LogP contribution in [0, 0.1) is 0 Å². The molecule has 0 spiro atoms. The minimum atomic E-state index is 0.132. The Balaban J connectivity index is 1.76. The van der Waals surface area contributed by atoms with E-state index in [1.807, 2.05) is 38.2 Å². The number of nitrogens with zero attached hydrogens (tertiary/aromatic N) is 5. The Kier molecular flexibility index (Phi) is 4.60. The Morgan fingerprint density at radius 1 is 1.14 bits per heavy atom. The first kappa shape index (κ1) is 17.8. The first-order chi connectivity index (χ1) is 13.6. The molecule has 0 saturated heterocycles. The van der Waals surface area contributed by atoms with Crippen LogP contribution in [0.2, 0.25) is 0 Å². The zero-order chi connectivity index (χ0) is 19.7. The van der Waals surface area contributed by atoms with E-state index in [1.165, 1.54) is 0 Å². The van der Waals surface area contributed by atoms with Crippen LogP contribution in [-0.2, 0) is 6.54 Å². The quantitative estimate of drug-likeness (QED) is 0.552. The number of aromatic nitrogens is 5. The highest BCUT2D eigenvalue weighted by atomic mass is 16.5. The number of methoxy groups -OCH3 is 1. The number of hydrogen-bond donors (Lipinski definition) is 1. The lowest BCUT2D eigenvalue weighted by Crippen LogP contribution is -1.98. The molecule has 0 radical (unpaired) electrons. The third-order valence-electron chi connectivity index (χ3n) is 4.48. The molecule has 1 N–H and O–H groups in total. The van der Waals surface area contributed by atoms with Crippen LogP contribution in [0.15, 0.2) is 43.0 Å². The second kappa shape index (κ2) is 7.22. The van der Waals surface area contributed by atoms with Gasteiger partial charge in [0, 0.05) is 30.7 Å². The summed E-state index contributed by atoms with van der Waals surface area (Å²) in [6, 6.07) is 5.53. The predicted octanol–water partition coefficient (Wildman–Crippen LogP) is 3.42. The number of ether oxygens (including phenoxy) is 2. The molecule has 4 heterocycles. The Labute approximate surface area is 162 Å². The Bertz CT molecular complexity index is 1130. The highest BCUT2D eigenvalue weighted by Crippen LogP contribution is 2.33. The Hall–Kier alpha value is -3.55. The standard InChI is InChI=1S/C20H21N5O3/c1-4-24-11-14(10-22-24)25-12-17-15(20(25)26)6-7-16(23-17)13-8-18(27-3)19(21-9-13)28-5-2/h6-12,26H,4-5H2,1-3H3. The predicted molar refractivity (Wildman–Crippen MR) is 105 cm³/mol. The minimum Gasteiger partial charge on any atom is -0.494 e. The summed E-state index contributed by atoms with van der Waals surface area (Å²) >= 11 is 0. The van der Waals surface area contributed by atoms with Crippen molar-refractivity contribution < 1.29 is 14.6 Å². The molecule has 4 rings (SSSR count). The van der Waals surface area contributed by atoms with Gasteiger partial charge in [0.2, 0.25) is 5.88 Å². The van der Waals surface area contributed by atoms with Crippen LogP contribution in [0.4, 0.5) is 0 Å². The summed E-state index contributed by atoms with van der Waals surface area (Å²) in [5, 5.41) is 15.5. The van der Waals surface area contributed by atoms with E-state index in [-0.39, 0.29) is 5.88 Å². The van der Waals surface area contributed by atoms with Gasteiger partial charge in [-0.15, -0.1) is 0 Å². The van der Waals surface area contributed by atoms with Gasteiger partial charge >= 0.3 is 0 Å². The number of aromatic hydroxyl groups is 1. The number of rotatable bonds is 6. The maximum absolute atomic E-state index is 10.6. The van der Waals surface area contributed by atoms with Crippen LogP contribution < -0.4 is 9.47 Å². The van der Waals surface area contributed by atoms with Gasteiger partial charge < -0.3 is 14.6 Å². The molecule has 0 bridgehead atoms. The van der Waals surface area contributed by atoms with Crippen LogP contribution >= 0.6 is 0 Å². The summed E-state index contributed by atoms with van der Waals surface area (Å²) in [7, 11) is 1.58. The topological polar surface area (TPSA) is 87.2 Å². The maximum atomic E-state index is 10.6. The molecule has 0 amide bonds. The van der Waals surface area contributed by atoms with Gasteiger partial charge in [0.1, 0.15) is 0 Å². The lowest BCUT2D eigenvalue weighted by Gasteiger charge is -2.09. The number of pyridine rings is 2. The molecular formula is C20H21N5O3. The summed E-state index contributed by atoms with van der Waals surface area (Å²) in [5.74, 6) is 1.13. The first-order valence-electron chi connectivity index (χ1n) is 9.05. The average Bonchev–Trinajstić information content (AvgIpc) is 3.32. The van der Waals surface area contributed by atoms with Crippen LogP contribution in [0.25, 0.3) is 27.8 Å². The second-order valence-electron chi connectivity index (χ2n) is 6.17. The van der Waals surface area contributed by atoms with Gasteiger partial charge in [0.25, 0.3) is 5.88 Å². The van der Waals surface area contributed by atoms with E-state index in [0.29, 0.717) is 29.1 Å². The summed E-state index contributed by atoms with van der Waals surface area (Å²) < 4.78 is 14.3. The molecule has 0 aliphatic heterocycles. The molecule has 0 unspecified atom stereocenters. The zero-order valence-electron chi connectivity index (χ0n) is 16.0. The van der Waals surface area contributed by atoms with E-state index in [2.05, 4.69) is 15.1 Å². The van der Waals surface area contributed by atoms with E-state index < -0.39 is 0 Å². The van der Waals surface area contributed by atoms with Crippen molar-refractivity contribution in [2.45, 2.75) is 20.4 Å². The molecule has 28 heavy (non-hydrogen) atoms. The minimum absolute atomic E-state index is 0.132. The van der Waals surface area contributed by atoms with Crippen molar-refractivity contribution in [1.82, 2.24) is 24.3 Å². The van der Waals surface area contributed by atoms with Gasteiger partial charge in [0.15, 0.2) is 5.75 Å². The van der Waals surface area contributed by atoms with E-state index >= 15 is 0 Å². The Morgan fingerprint density at radius 3 is 2.71 bits per heavy atom. The zero-order valence-corrected chi connectivity index (χ0v) is 16.0. The summed E-state index contributed by atoms with van der Waals surface area (Å²) in [6.07, 6.45) is 7.08. The Morgan fingerprint density at radius 2 is 2.00 bits per heavy atom. The van der Waals surface area contributed by atoms with Crippen molar-refractivity contribution >= 4 is 10.9 Å². The monoisotopic (exact) mass is 379 g/mol. The fourth-order valence-corrected chi connectivity index (χ4v) is 3.05. The van der Waals surface area contributed by atoms with Crippen molar-refractivity contribution in [2.75, 3.05) is 13.7 Å². The second-order valence-corrected chi connectivity index (χ2v) is 6.17. The van der Waals surface area contributed by atoms with Crippen molar-refractivity contribution in [2.24, 2.45) is 0 Å². The van der Waals surface area contributed by atoms with Crippen LogP contribution in [-0.4, -0.2) is 43.1 Å². The molecule has 144 valence electrons. The SMILES string of the molecule is CCOc1ncc(-c2ccc3c(O)n(-c4cnn(CC)c4)cc3n2)cc1OC. The lowest BCUT2D eigenvalue weighted by molar-refractivity contribution is 0.298. The van der Waals surface area contributed by atoms with Gasteiger partial charge in [-0.3, -0.25) is 9.25 Å². The van der Waals surface area contributed by atoms with Crippen LogP contribution in [0.5, 0.6) is 17.5 Å². The highest BCUT2D eigenvalue weighted by Gasteiger charge is 2.15. The number of hydrogen-bond acceptors (Lipinski definition) is 6. The van der Waals surface area contributed by atoms with Crippen molar-refractivity contribution in [3.8, 4) is 34.5 Å². The van der Waals surface area contributed by atoms with Crippen molar-refractivity contribution in [3.63, 3.8) is 0 Å². The molecule has 0 saturated carbocycles. The van der Waals surface area contributed by atoms with Gasteiger partial charge in [-0.2, -0.15) is 5.10 Å². The summed E-state index contributed by atoms with van der Waals surface area (Å²) in [6.45, 7) is 5.17. The number of fused-ring (bicyclic) bond motifs is 1. The fourth-order valence-electron chi connectivity index (χ4n) is 3.05. The molecule has 0 atom stereocenters. The van der Waals surface area contributed by atoms with Gasteiger partial charge in [-0.05, 0) is 32.0 Å². The van der Waals surface area contributed by atoms with Crippen molar-refractivity contribution in [3.05, 3.63) is 43.0 Å². The van der Waals surface area contributed by atoms with E-state index in [9.17, 15) is 5.11 Å². The lowest BCUT2D eigenvalue weighted by atomic mass is 10.1. The third kappa shape index (κ3) is 3.02. The molecule has 0 aromatic carbocycles. The van der Waals surface area contributed by atoms with Crippen molar-refractivity contribution in [1.29, 1.82) is 0 Å². The molecule has 8 heteroatoms.